The molecular weight excluding hydrogens is 183 g/mol. The van der Waals surface area contributed by atoms with Gasteiger partial charge in [0.2, 0.25) is 0 Å². The summed E-state index contributed by atoms with van der Waals surface area (Å²) in [5, 5.41) is 0. The molecule has 0 amide bonds. The molecular formula is C12H23BSi. The molecule has 0 saturated carbocycles. The van der Waals surface area contributed by atoms with Gasteiger partial charge in [-0.05, 0) is 24.2 Å². The van der Waals surface area contributed by atoms with E-state index in [1.165, 1.54) is 0 Å². The molecule has 0 nitrogen and oxygen atoms in total. The number of rotatable bonds is 8. The minimum atomic E-state index is -1.27. The predicted molar refractivity (Wildman–Crippen MR) is 75.7 cm³/mol. The summed E-state index contributed by atoms with van der Waals surface area (Å²) in [4.78, 5) is 0. The van der Waals surface area contributed by atoms with E-state index >= 15 is 0 Å². The van der Waals surface area contributed by atoms with Crippen LogP contribution in [0.4, 0.5) is 0 Å². The van der Waals surface area contributed by atoms with E-state index in [-0.39, 0.29) is 8.41 Å². The topological polar surface area (TPSA) is 0 Å². The van der Waals surface area contributed by atoms with Gasteiger partial charge in [-0.25, -0.2) is 0 Å². The molecule has 0 aromatic carbocycles. The average molecular weight is 206 g/mol. The molecule has 14 heavy (non-hydrogen) atoms. The van der Waals surface area contributed by atoms with Gasteiger partial charge in [0.25, 0.3) is 0 Å². The molecule has 0 heterocycles. The zero-order valence-electron chi connectivity index (χ0n) is 8.47. The molecule has 0 radical (unpaired) electrons. The molecule has 0 rings (SSSR count). The highest BCUT2D eigenvalue weighted by Gasteiger charge is 2.26. The first-order valence-electron chi connectivity index (χ1n) is 4.68. The molecule has 0 spiro atoms. The molecule has 0 aromatic rings. The summed E-state index contributed by atoms with van der Waals surface area (Å²) in [6, 6.07) is 4.54. The summed E-state index contributed by atoms with van der Waals surface area (Å²) in [6.45, 7) is 15.3. The van der Waals surface area contributed by atoms with E-state index in [0.717, 1.165) is 24.2 Å². The van der Waals surface area contributed by atoms with E-state index in [1.54, 1.807) is 0 Å². The molecule has 0 aliphatic rings. The van der Waals surface area contributed by atoms with Crippen molar-refractivity contribution in [3.63, 3.8) is 0 Å². The normalized spacial score (nSPS) is 9.71. The molecule has 0 aromatic heterocycles. The van der Waals surface area contributed by atoms with Crippen molar-refractivity contribution < 1.29 is 0 Å². The van der Waals surface area contributed by atoms with Crippen LogP contribution in [0.15, 0.2) is 50.6 Å². The zero-order valence-corrected chi connectivity index (χ0v) is 9.47. The highest BCUT2D eigenvalue weighted by molar-refractivity contribution is 6.81. The number of hydrogen-bond acceptors (Lipinski definition) is 0. The summed E-state index contributed by atoms with van der Waals surface area (Å²) in [5.41, 5.74) is 0. The van der Waals surface area contributed by atoms with Crippen LogP contribution in [0.3, 0.4) is 0 Å². The number of hydrogen-bond donors (Lipinski definition) is 0. The Labute approximate surface area is 91.7 Å². The van der Waals surface area contributed by atoms with Crippen molar-refractivity contribution in [2.45, 2.75) is 24.2 Å². The first-order valence-corrected chi connectivity index (χ1v) is 7.51. The highest BCUT2D eigenvalue weighted by Crippen LogP contribution is 2.27. The second-order valence-corrected chi connectivity index (χ2v) is 8.10. The van der Waals surface area contributed by atoms with E-state index < -0.39 is 8.07 Å². The van der Waals surface area contributed by atoms with Gasteiger partial charge in [-0.1, -0.05) is 24.3 Å². The Kier molecular flexibility index (Phi) is 9.90. The highest BCUT2D eigenvalue weighted by atomic mass is 28.3. The fraction of sp³-hybridized carbons (Fsp3) is 0.333. The van der Waals surface area contributed by atoms with Crippen molar-refractivity contribution in [2.75, 3.05) is 0 Å². The Balaban J connectivity index is 0. The van der Waals surface area contributed by atoms with Crippen molar-refractivity contribution in [2.24, 2.45) is 0 Å². The maximum Gasteiger partial charge on any atom is 0.0814 e. The van der Waals surface area contributed by atoms with Gasteiger partial charge in [0.1, 0.15) is 0 Å². The molecule has 0 aliphatic heterocycles. The van der Waals surface area contributed by atoms with E-state index in [4.69, 9.17) is 0 Å². The van der Waals surface area contributed by atoms with Gasteiger partial charge in [0, 0.05) is 0 Å². The van der Waals surface area contributed by atoms with Crippen LogP contribution in [0.25, 0.3) is 0 Å². The van der Waals surface area contributed by atoms with Gasteiger partial charge in [-0.2, -0.15) is 0 Å². The standard InChI is InChI=1S/C12H20Si.BH3/c1-5-9-13(10-6-2,11-7-3)12-8-4;/h5-8H,1-4,9-12H2;1H3. The third-order valence-electron chi connectivity index (χ3n) is 2.31. The Morgan fingerprint density at radius 1 is 0.643 bits per heavy atom. The van der Waals surface area contributed by atoms with Crippen LogP contribution < -0.4 is 0 Å². The van der Waals surface area contributed by atoms with Gasteiger partial charge < -0.3 is 0 Å². The molecule has 0 fully saturated rings. The van der Waals surface area contributed by atoms with E-state index in [1.807, 2.05) is 24.3 Å². The van der Waals surface area contributed by atoms with Crippen LogP contribution in [0.2, 0.25) is 24.2 Å². The average Bonchev–Trinajstić information content (AvgIpc) is 2.06. The molecule has 0 unspecified atom stereocenters. The molecule has 0 N–H and O–H groups in total. The third-order valence-corrected chi connectivity index (χ3v) is 6.93. The van der Waals surface area contributed by atoms with Crippen LogP contribution in [-0.2, 0) is 0 Å². The largest absolute Gasteiger partial charge is 0.103 e. The van der Waals surface area contributed by atoms with Crippen LogP contribution in [0, 0.1) is 0 Å². The maximum atomic E-state index is 3.82. The van der Waals surface area contributed by atoms with Crippen LogP contribution in [0.5, 0.6) is 0 Å². The van der Waals surface area contributed by atoms with Crippen LogP contribution in [0.1, 0.15) is 0 Å². The van der Waals surface area contributed by atoms with E-state index in [2.05, 4.69) is 26.3 Å². The Bertz CT molecular complexity index is 151. The first kappa shape index (κ1) is 15.7. The maximum absolute atomic E-state index is 3.82. The lowest BCUT2D eigenvalue weighted by Crippen LogP contribution is -2.30. The van der Waals surface area contributed by atoms with Gasteiger partial charge >= 0.3 is 0 Å². The minimum absolute atomic E-state index is 0. The fourth-order valence-corrected chi connectivity index (χ4v) is 5.17. The van der Waals surface area contributed by atoms with Crippen molar-refractivity contribution in [1.82, 2.24) is 0 Å². The third kappa shape index (κ3) is 5.08. The molecule has 2 heteroatoms. The second kappa shape index (κ2) is 8.82. The first-order chi connectivity index (χ1) is 6.24. The van der Waals surface area contributed by atoms with Crippen molar-refractivity contribution in [3.8, 4) is 0 Å². The summed E-state index contributed by atoms with van der Waals surface area (Å²) in [7, 11) is -1.27. The lowest BCUT2D eigenvalue weighted by molar-refractivity contribution is 1.30. The van der Waals surface area contributed by atoms with Gasteiger partial charge in [0.15, 0.2) is 0 Å². The van der Waals surface area contributed by atoms with Gasteiger partial charge in [-0.15, -0.1) is 26.3 Å². The Hall–Kier alpha value is -0.758. The predicted octanol–water partition coefficient (Wildman–Crippen LogP) is 3.00. The SMILES string of the molecule is B.C=CC[Si](CC=C)(CC=C)CC=C. The van der Waals surface area contributed by atoms with Gasteiger partial charge in [-0.3, -0.25) is 0 Å². The summed E-state index contributed by atoms with van der Waals surface area (Å²) in [5.74, 6) is 0. The van der Waals surface area contributed by atoms with Gasteiger partial charge in [0.05, 0.1) is 16.5 Å². The van der Waals surface area contributed by atoms with Crippen LogP contribution >= 0.6 is 0 Å². The van der Waals surface area contributed by atoms with Crippen molar-refractivity contribution >= 4 is 16.5 Å². The Morgan fingerprint density at radius 2 is 0.857 bits per heavy atom. The summed E-state index contributed by atoms with van der Waals surface area (Å²) >= 11 is 0. The van der Waals surface area contributed by atoms with Crippen molar-refractivity contribution in [1.29, 1.82) is 0 Å². The van der Waals surface area contributed by atoms with Crippen LogP contribution in [-0.4, -0.2) is 16.5 Å². The lowest BCUT2D eigenvalue weighted by Gasteiger charge is -2.27. The smallest absolute Gasteiger partial charge is 0.0814 e. The van der Waals surface area contributed by atoms with E-state index in [9.17, 15) is 0 Å². The molecule has 0 aliphatic carbocycles. The summed E-state index contributed by atoms with van der Waals surface area (Å²) in [6.07, 6.45) is 8.12. The van der Waals surface area contributed by atoms with E-state index in [0.29, 0.717) is 0 Å². The molecule has 78 valence electrons. The Morgan fingerprint density at radius 3 is 1.00 bits per heavy atom. The molecule has 0 saturated heterocycles. The fourth-order valence-electron chi connectivity index (χ4n) is 1.72. The zero-order chi connectivity index (χ0) is 10.2. The van der Waals surface area contributed by atoms with Crippen molar-refractivity contribution in [3.05, 3.63) is 50.6 Å². The second-order valence-electron chi connectivity index (χ2n) is 3.47. The monoisotopic (exact) mass is 206 g/mol. The number of allylic oxidation sites excluding steroid dienone is 4. The lowest BCUT2D eigenvalue weighted by atomic mass is 10.7. The molecule has 0 bridgehead atoms. The quantitative estimate of drug-likeness (QED) is 0.423. The summed E-state index contributed by atoms with van der Waals surface area (Å²) < 4.78 is 0. The minimum Gasteiger partial charge on any atom is -0.103 e. The molecule has 0 atom stereocenters.